The highest BCUT2D eigenvalue weighted by Gasteiger charge is 2.45. The first-order valence-electron chi connectivity index (χ1n) is 6.32. The fourth-order valence-corrected chi connectivity index (χ4v) is 2.95. The van der Waals surface area contributed by atoms with E-state index in [2.05, 4.69) is 13.8 Å². The van der Waals surface area contributed by atoms with Crippen molar-refractivity contribution in [2.24, 2.45) is 0 Å². The summed E-state index contributed by atoms with van der Waals surface area (Å²) in [5.74, 6) is -1.48. The molecule has 1 aromatic carbocycles. The average molecular weight is 248 g/mol. The van der Waals surface area contributed by atoms with Crippen LogP contribution in [-0.2, 0) is 10.2 Å². The van der Waals surface area contributed by atoms with E-state index in [0.29, 0.717) is 6.42 Å². The summed E-state index contributed by atoms with van der Waals surface area (Å²) < 4.78 is 0. The molecule has 1 aromatic rings. The van der Waals surface area contributed by atoms with Crippen LogP contribution in [0.2, 0.25) is 0 Å². The first-order valence-corrected chi connectivity index (χ1v) is 6.32. The zero-order valence-electron chi connectivity index (χ0n) is 11.1. The minimum absolute atomic E-state index is 0.0433. The lowest BCUT2D eigenvalue weighted by Crippen LogP contribution is -2.44. The van der Waals surface area contributed by atoms with Gasteiger partial charge < -0.3 is 10.2 Å². The summed E-state index contributed by atoms with van der Waals surface area (Å²) in [6, 6.07) is 7.86. The number of benzene rings is 1. The van der Waals surface area contributed by atoms with E-state index >= 15 is 0 Å². The van der Waals surface area contributed by atoms with Gasteiger partial charge in [-0.1, -0.05) is 38.1 Å². The Morgan fingerprint density at radius 1 is 1.39 bits per heavy atom. The summed E-state index contributed by atoms with van der Waals surface area (Å²) in [4.78, 5) is 11.2. The van der Waals surface area contributed by atoms with E-state index in [1.807, 2.05) is 24.3 Å². The Hall–Kier alpha value is -1.35. The van der Waals surface area contributed by atoms with Crippen LogP contribution in [0.5, 0.6) is 0 Å². The third-order valence-corrected chi connectivity index (χ3v) is 4.23. The molecular formula is C15H20O3. The van der Waals surface area contributed by atoms with Crippen LogP contribution in [-0.4, -0.2) is 21.8 Å². The largest absolute Gasteiger partial charge is 0.479 e. The maximum absolute atomic E-state index is 11.2. The van der Waals surface area contributed by atoms with Gasteiger partial charge in [0.25, 0.3) is 0 Å². The number of aliphatic carboxylic acids is 1. The van der Waals surface area contributed by atoms with Crippen LogP contribution in [0.25, 0.3) is 0 Å². The highest BCUT2D eigenvalue weighted by Crippen LogP contribution is 2.46. The minimum Gasteiger partial charge on any atom is -0.479 e. The minimum atomic E-state index is -1.70. The second kappa shape index (κ2) is 4.09. The SMILES string of the molecule is CC1(C)CCC(C(C)(O)C(=O)O)c2ccccc21. The normalized spacial score (nSPS) is 25.0. The second-order valence-corrected chi connectivity index (χ2v) is 6.02. The molecule has 98 valence electrons. The number of hydrogen-bond donors (Lipinski definition) is 2. The number of rotatable bonds is 2. The van der Waals surface area contributed by atoms with E-state index in [1.54, 1.807) is 0 Å². The Bertz CT molecular complexity index is 474. The zero-order valence-corrected chi connectivity index (χ0v) is 11.1. The van der Waals surface area contributed by atoms with Gasteiger partial charge in [-0.15, -0.1) is 0 Å². The van der Waals surface area contributed by atoms with Crippen molar-refractivity contribution in [2.45, 2.75) is 50.5 Å². The third-order valence-electron chi connectivity index (χ3n) is 4.23. The van der Waals surface area contributed by atoms with Crippen LogP contribution in [0.1, 0.15) is 50.7 Å². The van der Waals surface area contributed by atoms with Crippen molar-refractivity contribution in [3.05, 3.63) is 35.4 Å². The topological polar surface area (TPSA) is 57.5 Å². The molecule has 2 N–H and O–H groups in total. The fraction of sp³-hybridized carbons (Fsp3) is 0.533. The maximum Gasteiger partial charge on any atom is 0.336 e. The summed E-state index contributed by atoms with van der Waals surface area (Å²) >= 11 is 0. The molecule has 1 aliphatic carbocycles. The van der Waals surface area contributed by atoms with Crippen molar-refractivity contribution in [2.75, 3.05) is 0 Å². The lowest BCUT2D eigenvalue weighted by atomic mass is 9.65. The molecule has 0 heterocycles. The quantitative estimate of drug-likeness (QED) is 0.846. The Labute approximate surface area is 107 Å². The van der Waals surface area contributed by atoms with Gasteiger partial charge in [-0.2, -0.15) is 0 Å². The van der Waals surface area contributed by atoms with Gasteiger partial charge in [0.05, 0.1) is 0 Å². The molecule has 0 aromatic heterocycles. The molecule has 0 bridgehead atoms. The van der Waals surface area contributed by atoms with Crippen molar-refractivity contribution in [1.29, 1.82) is 0 Å². The molecule has 0 aliphatic heterocycles. The number of carboxylic acids is 1. The Morgan fingerprint density at radius 3 is 2.61 bits per heavy atom. The van der Waals surface area contributed by atoms with Gasteiger partial charge >= 0.3 is 5.97 Å². The molecule has 0 radical (unpaired) electrons. The van der Waals surface area contributed by atoms with Gasteiger partial charge in [-0.05, 0) is 36.3 Å². The van der Waals surface area contributed by atoms with Gasteiger partial charge in [-0.3, -0.25) is 0 Å². The summed E-state index contributed by atoms with van der Waals surface area (Å²) in [5.41, 5.74) is 0.470. The molecule has 1 aliphatic rings. The van der Waals surface area contributed by atoms with E-state index < -0.39 is 11.6 Å². The second-order valence-electron chi connectivity index (χ2n) is 6.02. The standard InChI is InChI=1S/C15H20O3/c1-14(2)9-8-12(15(3,18)13(16)17)10-6-4-5-7-11(10)14/h4-7,12,18H,8-9H2,1-3H3,(H,16,17). The first kappa shape index (κ1) is 13.1. The van der Waals surface area contributed by atoms with Crippen molar-refractivity contribution >= 4 is 5.97 Å². The van der Waals surface area contributed by atoms with E-state index in [-0.39, 0.29) is 11.3 Å². The summed E-state index contributed by atoms with van der Waals surface area (Å²) in [5, 5.41) is 19.4. The van der Waals surface area contributed by atoms with Gasteiger partial charge in [0.15, 0.2) is 5.60 Å². The first-order chi connectivity index (χ1) is 8.27. The zero-order chi connectivity index (χ0) is 13.6. The molecule has 0 amide bonds. The van der Waals surface area contributed by atoms with Gasteiger partial charge in [0, 0.05) is 5.92 Å². The molecule has 3 nitrogen and oxygen atoms in total. The lowest BCUT2D eigenvalue weighted by Gasteiger charge is -2.41. The number of carboxylic acid groups (broad SMARTS) is 1. The molecule has 3 heteroatoms. The third kappa shape index (κ3) is 1.93. The fourth-order valence-electron chi connectivity index (χ4n) is 2.95. The molecule has 0 saturated carbocycles. The molecule has 18 heavy (non-hydrogen) atoms. The predicted octanol–water partition coefficient (Wildman–Crippen LogP) is 2.68. The van der Waals surface area contributed by atoms with Crippen molar-refractivity contribution in [3.63, 3.8) is 0 Å². The molecule has 2 unspecified atom stereocenters. The monoisotopic (exact) mass is 248 g/mol. The molecule has 0 spiro atoms. The number of aliphatic hydroxyl groups is 1. The van der Waals surface area contributed by atoms with Crippen LogP contribution in [0, 0.1) is 0 Å². The number of carbonyl (C=O) groups is 1. The van der Waals surface area contributed by atoms with Crippen molar-refractivity contribution in [1.82, 2.24) is 0 Å². The molecule has 0 fully saturated rings. The van der Waals surface area contributed by atoms with Gasteiger partial charge in [0.2, 0.25) is 0 Å². The summed E-state index contributed by atoms with van der Waals surface area (Å²) in [6.07, 6.45) is 1.58. The molecular weight excluding hydrogens is 228 g/mol. The Kier molecular flexibility index (Phi) is 2.98. The maximum atomic E-state index is 11.2. The van der Waals surface area contributed by atoms with Crippen molar-refractivity contribution < 1.29 is 15.0 Å². The van der Waals surface area contributed by atoms with E-state index in [4.69, 9.17) is 0 Å². The van der Waals surface area contributed by atoms with E-state index in [1.165, 1.54) is 6.92 Å². The van der Waals surface area contributed by atoms with Gasteiger partial charge in [-0.25, -0.2) is 4.79 Å². The summed E-state index contributed by atoms with van der Waals surface area (Å²) in [7, 11) is 0. The lowest BCUT2D eigenvalue weighted by molar-refractivity contribution is -0.159. The number of fused-ring (bicyclic) bond motifs is 1. The average Bonchev–Trinajstić information content (AvgIpc) is 2.28. The van der Waals surface area contributed by atoms with E-state index in [9.17, 15) is 15.0 Å². The van der Waals surface area contributed by atoms with Crippen LogP contribution >= 0.6 is 0 Å². The van der Waals surface area contributed by atoms with Crippen molar-refractivity contribution in [3.8, 4) is 0 Å². The molecule has 2 atom stereocenters. The highest BCUT2D eigenvalue weighted by atomic mass is 16.4. The van der Waals surface area contributed by atoms with E-state index in [0.717, 1.165) is 17.5 Å². The summed E-state index contributed by atoms with van der Waals surface area (Å²) in [6.45, 7) is 5.73. The van der Waals surface area contributed by atoms with Gasteiger partial charge in [0.1, 0.15) is 0 Å². The van der Waals surface area contributed by atoms with Crippen LogP contribution in [0.3, 0.4) is 0 Å². The van der Waals surface area contributed by atoms with Crippen LogP contribution in [0.15, 0.2) is 24.3 Å². The van der Waals surface area contributed by atoms with Crippen LogP contribution < -0.4 is 0 Å². The van der Waals surface area contributed by atoms with Crippen LogP contribution in [0.4, 0.5) is 0 Å². The number of hydrogen-bond acceptors (Lipinski definition) is 2. The predicted molar refractivity (Wildman–Crippen MR) is 69.7 cm³/mol. The molecule has 2 rings (SSSR count). The Balaban J connectivity index is 2.53. The Morgan fingerprint density at radius 2 is 2.00 bits per heavy atom. The smallest absolute Gasteiger partial charge is 0.336 e. The highest BCUT2D eigenvalue weighted by molar-refractivity contribution is 5.78. The molecule has 0 saturated heterocycles.